The molecule has 0 amide bonds. The third-order valence-electron chi connectivity index (χ3n) is 11.2. The second kappa shape index (κ2) is 11.8. The minimum absolute atomic E-state index is 0.120. The quantitative estimate of drug-likeness (QED) is 0.166. The summed E-state index contributed by atoms with van der Waals surface area (Å²) in [5, 5.41) is 7.54. The van der Waals surface area contributed by atoms with Crippen LogP contribution in [0.3, 0.4) is 0 Å². The van der Waals surface area contributed by atoms with Crippen molar-refractivity contribution in [1.29, 1.82) is 0 Å². The first-order valence-corrected chi connectivity index (χ1v) is 18.2. The van der Waals surface area contributed by atoms with Crippen molar-refractivity contribution in [3.63, 3.8) is 0 Å². The van der Waals surface area contributed by atoms with Gasteiger partial charge in [0.25, 0.3) is 0 Å². The number of benzene rings is 9. The molecule has 0 atom stereocenters. The van der Waals surface area contributed by atoms with E-state index in [1.165, 1.54) is 76.8 Å². The molecular weight excluding hydrogens is 627 g/mol. The molecule has 9 aromatic rings. The highest BCUT2D eigenvalue weighted by atomic mass is 15.1. The molecule has 0 bridgehead atoms. The first kappa shape index (κ1) is 30.4. The first-order valence-electron chi connectivity index (χ1n) is 18.2. The summed E-state index contributed by atoms with van der Waals surface area (Å²) in [6, 6.07) is 69.3. The van der Waals surface area contributed by atoms with E-state index in [0.717, 1.165) is 17.1 Å². The molecule has 0 aliphatic heterocycles. The Morgan fingerprint density at radius 1 is 0.365 bits per heavy atom. The predicted octanol–water partition coefficient (Wildman–Crippen LogP) is 14.3. The molecule has 0 heterocycles. The third kappa shape index (κ3) is 4.70. The molecule has 0 spiro atoms. The van der Waals surface area contributed by atoms with E-state index in [4.69, 9.17) is 0 Å². The largest absolute Gasteiger partial charge is 0.310 e. The Labute approximate surface area is 305 Å². The van der Waals surface area contributed by atoms with Crippen LogP contribution < -0.4 is 4.90 Å². The van der Waals surface area contributed by atoms with Crippen molar-refractivity contribution >= 4 is 49.4 Å². The van der Waals surface area contributed by atoms with Crippen molar-refractivity contribution in [2.45, 2.75) is 19.3 Å². The molecule has 0 aromatic heterocycles. The van der Waals surface area contributed by atoms with E-state index in [1.54, 1.807) is 0 Å². The van der Waals surface area contributed by atoms with Crippen molar-refractivity contribution < 1.29 is 0 Å². The van der Waals surface area contributed by atoms with Gasteiger partial charge in [0.1, 0.15) is 0 Å². The highest BCUT2D eigenvalue weighted by molar-refractivity contribution is 6.14. The number of hydrogen-bond acceptors (Lipinski definition) is 1. The molecule has 0 saturated heterocycles. The molecule has 52 heavy (non-hydrogen) atoms. The standard InChI is InChI=1S/C51H37N/c1-51(2)47-26-13-12-25-44(47)45-29-28-39(33-48(45)51)52(49-30-27-34-15-6-9-22-41(34)50(49)35-16-4-3-5-17-35)38-20-14-19-36(31-38)46-32-37-18-7-8-21-40(37)42-23-10-11-24-43(42)46/h3-33H,1-2H3. The number of hydrogen-bond donors (Lipinski definition) is 0. The van der Waals surface area contributed by atoms with Gasteiger partial charge in [-0.1, -0.05) is 166 Å². The van der Waals surface area contributed by atoms with E-state index in [1.807, 2.05) is 0 Å². The fourth-order valence-corrected chi connectivity index (χ4v) is 8.72. The molecule has 1 aliphatic carbocycles. The summed E-state index contributed by atoms with van der Waals surface area (Å²) in [7, 11) is 0. The van der Waals surface area contributed by atoms with Crippen molar-refractivity contribution in [3.8, 4) is 33.4 Å². The molecular formula is C51H37N. The molecule has 9 aromatic carbocycles. The summed E-state index contributed by atoms with van der Waals surface area (Å²) in [6.07, 6.45) is 0. The minimum atomic E-state index is -0.120. The van der Waals surface area contributed by atoms with Gasteiger partial charge in [0.15, 0.2) is 0 Å². The van der Waals surface area contributed by atoms with Crippen molar-refractivity contribution in [3.05, 3.63) is 199 Å². The highest BCUT2D eigenvalue weighted by Crippen LogP contribution is 2.52. The van der Waals surface area contributed by atoms with Crippen LogP contribution in [-0.2, 0) is 5.41 Å². The summed E-state index contributed by atoms with van der Waals surface area (Å²) in [5.74, 6) is 0. The van der Waals surface area contributed by atoms with Gasteiger partial charge in [0.2, 0.25) is 0 Å². The van der Waals surface area contributed by atoms with Crippen LogP contribution in [0.1, 0.15) is 25.0 Å². The molecule has 0 N–H and O–H groups in total. The van der Waals surface area contributed by atoms with Crippen molar-refractivity contribution in [2.75, 3.05) is 4.90 Å². The smallest absolute Gasteiger partial charge is 0.0546 e. The molecule has 0 unspecified atom stereocenters. The Morgan fingerprint density at radius 3 is 1.85 bits per heavy atom. The minimum Gasteiger partial charge on any atom is -0.310 e. The molecule has 0 fully saturated rings. The monoisotopic (exact) mass is 663 g/mol. The van der Waals surface area contributed by atoms with Gasteiger partial charge >= 0.3 is 0 Å². The van der Waals surface area contributed by atoms with Crippen LogP contribution in [0.15, 0.2) is 188 Å². The molecule has 0 saturated carbocycles. The van der Waals surface area contributed by atoms with Crippen LogP contribution in [0.4, 0.5) is 17.1 Å². The fourth-order valence-electron chi connectivity index (χ4n) is 8.72. The Bertz CT molecular complexity index is 2830. The van der Waals surface area contributed by atoms with Crippen LogP contribution in [0.2, 0.25) is 0 Å². The predicted molar refractivity (Wildman–Crippen MR) is 222 cm³/mol. The number of rotatable bonds is 5. The van der Waals surface area contributed by atoms with Crippen molar-refractivity contribution in [1.82, 2.24) is 0 Å². The zero-order valence-electron chi connectivity index (χ0n) is 29.3. The maximum atomic E-state index is 2.49. The molecule has 0 radical (unpaired) electrons. The average molecular weight is 664 g/mol. The molecule has 10 rings (SSSR count). The molecule has 1 aliphatic rings. The Hall–Kier alpha value is -6.44. The lowest BCUT2D eigenvalue weighted by molar-refractivity contribution is 0.660. The topological polar surface area (TPSA) is 3.24 Å². The van der Waals surface area contributed by atoms with E-state index in [0.29, 0.717) is 0 Å². The summed E-state index contributed by atoms with van der Waals surface area (Å²) in [6.45, 7) is 4.73. The van der Waals surface area contributed by atoms with Gasteiger partial charge in [0.05, 0.1) is 5.69 Å². The van der Waals surface area contributed by atoms with Crippen LogP contribution in [0.25, 0.3) is 65.7 Å². The lowest BCUT2D eigenvalue weighted by Crippen LogP contribution is -2.17. The fraction of sp³-hybridized carbons (Fsp3) is 0.0588. The van der Waals surface area contributed by atoms with E-state index in [-0.39, 0.29) is 5.41 Å². The van der Waals surface area contributed by atoms with Crippen LogP contribution in [0.5, 0.6) is 0 Å². The van der Waals surface area contributed by atoms with Gasteiger partial charge in [-0.25, -0.2) is 0 Å². The van der Waals surface area contributed by atoms with E-state index in [2.05, 4.69) is 207 Å². The second-order valence-electron chi connectivity index (χ2n) is 14.5. The van der Waals surface area contributed by atoms with Gasteiger partial charge < -0.3 is 4.90 Å². The van der Waals surface area contributed by atoms with E-state index >= 15 is 0 Å². The lowest BCUT2D eigenvalue weighted by atomic mass is 9.82. The first-order chi connectivity index (χ1) is 25.6. The number of fused-ring (bicyclic) bond motifs is 7. The summed E-state index contributed by atoms with van der Waals surface area (Å²) in [5.41, 5.74) is 13.6. The van der Waals surface area contributed by atoms with Crippen molar-refractivity contribution in [2.24, 2.45) is 0 Å². The molecule has 246 valence electrons. The maximum absolute atomic E-state index is 2.49. The SMILES string of the molecule is CC1(C)c2ccccc2-c2ccc(N(c3cccc(-c4cc5ccccc5c5ccccc45)c3)c3ccc4ccccc4c3-c3ccccc3)cc21. The summed E-state index contributed by atoms with van der Waals surface area (Å²) < 4.78 is 0. The van der Waals surface area contributed by atoms with E-state index in [9.17, 15) is 0 Å². The summed E-state index contributed by atoms with van der Waals surface area (Å²) in [4.78, 5) is 2.49. The van der Waals surface area contributed by atoms with Gasteiger partial charge in [0, 0.05) is 22.4 Å². The van der Waals surface area contributed by atoms with Gasteiger partial charge in [-0.2, -0.15) is 0 Å². The lowest BCUT2D eigenvalue weighted by Gasteiger charge is -2.31. The number of nitrogens with zero attached hydrogens (tertiary/aromatic N) is 1. The third-order valence-corrected chi connectivity index (χ3v) is 11.2. The number of anilines is 3. The van der Waals surface area contributed by atoms with E-state index < -0.39 is 0 Å². The highest BCUT2D eigenvalue weighted by Gasteiger charge is 2.36. The van der Waals surface area contributed by atoms with Gasteiger partial charge in [-0.3, -0.25) is 0 Å². The van der Waals surface area contributed by atoms with Gasteiger partial charge in [-0.15, -0.1) is 0 Å². The Kier molecular flexibility index (Phi) is 6.91. The normalized spacial score (nSPS) is 13.0. The average Bonchev–Trinajstić information content (AvgIpc) is 3.43. The Morgan fingerprint density at radius 2 is 1.00 bits per heavy atom. The van der Waals surface area contributed by atoms with Crippen LogP contribution in [0, 0.1) is 0 Å². The molecule has 1 nitrogen and oxygen atoms in total. The Balaban J connectivity index is 1.25. The van der Waals surface area contributed by atoms with Crippen LogP contribution >= 0.6 is 0 Å². The van der Waals surface area contributed by atoms with Crippen LogP contribution in [-0.4, -0.2) is 0 Å². The zero-order valence-corrected chi connectivity index (χ0v) is 29.3. The maximum Gasteiger partial charge on any atom is 0.0546 e. The zero-order chi connectivity index (χ0) is 34.8. The second-order valence-corrected chi connectivity index (χ2v) is 14.5. The van der Waals surface area contributed by atoms with Gasteiger partial charge in [-0.05, 0) is 108 Å². The summed E-state index contributed by atoms with van der Waals surface area (Å²) >= 11 is 0. The molecule has 1 heteroatoms.